The summed E-state index contributed by atoms with van der Waals surface area (Å²) >= 11 is 18.6. The summed E-state index contributed by atoms with van der Waals surface area (Å²) in [6.45, 7) is 2.97. The molecule has 1 atom stereocenters. The van der Waals surface area contributed by atoms with Crippen LogP contribution in [0.1, 0.15) is 22.3 Å². The lowest BCUT2D eigenvalue weighted by molar-refractivity contribution is -0.139. The first-order chi connectivity index (χ1) is 20.9. The molecule has 0 aliphatic carbocycles. The molecule has 1 N–H and O–H groups in total. The number of nitrogens with one attached hydrogen (secondary N) is 1. The summed E-state index contributed by atoms with van der Waals surface area (Å²) in [5, 5.41) is 3.72. The molecular weight excluding hydrogens is 641 g/mol. The van der Waals surface area contributed by atoms with E-state index in [1.165, 1.54) is 24.1 Å². The van der Waals surface area contributed by atoms with Crippen molar-refractivity contribution in [1.29, 1.82) is 0 Å². The number of amides is 2. The smallest absolute Gasteiger partial charge is 0.264 e. The predicted molar refractivity (Wildman–Crippen MR) is 177 cm³/mol. The number of carbonyl (C=O) groups is 2. The fraction of sp³-hybridized carbons (Fsp3) is 0.212. The first kappa shape index (κ1) is 33.3. The molecule has 44 heavy (non-hydrogen) atoms. The summed E-state index contributed by atoms with van der Waals surface area (Å²) in [6.07, 6.45) is 0.193. The molecule has 2 amide bonds. The molecule has 0 unspecified atom stereocenters. The van der Waals surface area contributed by atoms with Gasteiger partial charge >= 0.3 is 0 Å². The van der Waals surface area contributed by atoms with E-state index < -0.39 is 34.4 Å². The highest BCUT2D eigenvalue weighted by atomic mass is 35.5. The van der Waals surface area contributed by atoms with E-state index in [2.05, 4.69) is 5.32 Å². The van der Waals surface area contributed by atoms with Gasteiger partial charge in [0.2, 0.25) is 11.8 Å². The zero-order valence-corrected chi connectivity index (χ0v) is 27.5. The van der Waals surface area contributed by atoms with Crippen molar-refractivity contribution in [2.24, 2.45) is 0 Å². The summed E-state index contributed by atoms with van der Waals surface area (Å²) in [5.41, 5.74) is 3.17. The maximum atomic E-state index is 14.4. The lowest BCUT2D eigenvalue weighted by Crippen LogP contribution is -2.53. The summed E-state index contributed by atoms with van der Waals surface area (Å²) in [5.74, 6) is -0.997. The van der Waals surface area contributed by atoms with E-state index in [1.54, 1.807) is 55.5 Å². The van der Waals surface area contributed by atoms with Crippen LogP contribution in [0.2, 0.25) is 15.1 Å². The lowest BCUT2D eigenvalue weighted by Gasteiger charge is -2.34. The molecule has 0 spiro atoms. The normalized spacial score (nSPS) is 12.0. The van der Waals surface area contributed by atoms with Crippen LogP contribution in [0.3, 0.4) is 0 Å². The van der Waals surface area contributed by atoms with Gasteiger partial charge in [-0.25, -0.2) is 8.42 Å². The Labute approximate surface area is 273 Å². The fourth-order valence-electron chi connectivity index (χ4n) is 4.80. The molecule has 0 aliphatic rings. The molecule has 0 bridgehead atoms. The number of anilines is 1. The maximum Gasteiger partial charge on any atom is 0.264 e. The topological polar surface area (TPSA) is 86.8 Å². The molecule has 7 nitrogen and oxygen atoms in total. The van der Waals surface area contributed by atoms with Crippen LogP contribution in [0.4, 0.5) is 5.69 Å². The molecule has 0 aromatic heterocycles. The molecule has 0 fully saturated rings. The van der Waals surface area contributed by atoms with Crippen molar-refractivity contribution in [3.63, 3.8) is 0 Å². The number of sulfonamides is 1. The second kappa shape index (κ2) is 14.5. The Kier molecular flexibility index (Phi) is 11.0. The third-order valence-electron chi connectivity index (χ3n) is 7.17. The highest BCUT2D eigenvalue weighted by molar-refractivity contribution is 7.92. The average Bonchev–Trinajstić information content (AvgIpc) is 3.00. The number of nitrogens with zero attached hydrogens (tertiary/aromatic N) is 2. The van der Waals surface area contributed by atoms with Crippen LogP contribution in [0.15, 0.2) is 95.9 Å². The van der Waals surface area contributed by atoms with E-state index in [9.17, 15) is 18.0 Å². The molecular formula is C33H32Cl3N3O4S. The summed E-state index contributed by atoms with van der Waals surface area (Å²) < 4.78 is 29.3. The fourth-order valence-corrected chi connectivity index (χ4v) is 6.83. The van der Waals surface area contributed by atoms with Gasteiger partial charge in [0.25, 0.3) is 10.0 Å². The van der Waals surface area contributed by atoms with Gasteiger partial charge in [-0.3, -0.25) is 13.9 Å². The second-order valence-corrected chi connectivity index (χ2v) is 13.5. The van der Waals surface area contributed by atoms with Crippen LogP contribution in [0.5, 0.6) is 0 Å². The Balaban J connectivity index is 1.82. The minimum Gasteiger partial charge on any atom is -0.357 e. The largest absolute Gasteiger partial charge is 0.357 e. The number of benzene rings is 4. The predicted octanol–water partition coefficient (Wildman–Crippen LogP) is 6.85. The van der Waals surface area contributed by atoms with Gasteiger partial charge in [0.1, 0.15) is 12.6 Å². The standard InChI is InChI=1S/C33H32Cl3N3O4S/c1-22-9-13-27(14-10-22)44(42,43)39(30-16-12-26(34)17-23(30)2)21-32(40)38(20-25-11-15-28(35)29(36)18-25)31(33(41)37-3)19-24-7-5-4-6-8-24/h4-18,31H,19-21H2,1-3H3,(H,37,41)/t31-/m1/s1. The van der Waals surface area contributed by atoms with Gasteiger partial charge < -0.3 is 10.2 Å². The molecule has 4 aromatic carbocycles. The summed E-state index contributed by atoms with van der Waals surface area (Å²) in [6, 6.07) is 24.4. The van der Waals surface area contributed by atoms with Crippen molar-refractivity contribution < 1.29 is 18.0 Å². The number of hydrogen-bond donors (Lipinski definition) is 1. The summed E-state index contributed by atoms with van der Waals surface area (Å²) in [4.78, 5) is 29.2. The third-order valence-corrected chi connectivity index (χ3v) is 9.92. The van der Waals surface area contributed by atoms with Crippen molar-refractivity contribution in [2.75, 3.05) is 17.9 Å². The van der Waals surface area contributed by atoms with Crippen molar-refractivity contribution in [2.45, 2.75) is 37.8 Å². The van der Waals surface area contributed by atoms with Crippen molar-refractivity contribution >= 4 is 62.3 Å². The minimum absolute atomic E-state index is 0.0217. The molecule has 0 saturated carbocycles. The molecule has 0 radical (unpaired) electrons. The number of halogens is 3. The van der Waals surface area contributed by atoms with E-state index in [0.29, 0.717) is 21.2 Å². The second-order valence-electron chi connectivity index (χ2n) is 10.3. The Morgan fingerprint density at radius 2 is 1.50 bits per heavy atom. The number of hydrogen-bond acceptors (Lipinski definition) is 4. The van der Waals surface area contributed by atoms with E-state index >= 15 is 0 Å². The first-order valence-electron chi connectivity index (χ1n) is 13.7. The average molecular weight is 673 g/mol. The molecule has 4 rings (SSSR count). The van der Waals surface area contributed by atoms with Gasteiger partial charge in [-0.1, -0.05) is 88.9 Å². The Bertz CT molecular complexity index is 1750. The van der Waals surface area contributed by atoms with Crippen LogP contribution in [0, 0.1) is 13.8 Å². The Morgan fingerprint density at radius 3 is 2.11 bits per heavy atom. The Morgan fingerprint density at radius 1 is 0.818 bits per heavy atom. The van der Waals surface area contributed by atoms with Gasteiger partial charge in [-0.15, -0.1) is 0 Å². The van der Waals surface area contributed by atoms with Crippen molar-refractivity contribution in [1.82, 2.24) is 10.2 Å². The van der Waals surface area contributed by atoms with E-state index in [4.69, 9.17) is 34.8 Å². The molecule has 4 aromatic rings. The number of aryl methyl sites for hydroxylation is 2. The quantitative estimate of drug-likeness (QED) is 0.189. The zero-order valence-electron chi connectivity index (χ0n) is 24.4. The van der Waals surface area contributed by atoms with E-state index in [-0.39, 0.29) is 28.6 Å². The van der Waals surface area contributed by atoms with E-state index in [0.717, 1.165) is 15.4 Å². The van der Waals surface area contributed by atoms with Gasteiger partial charge in [0.15, 0.2) is 0 Å². The molecule has 0 saturated heterocycles. The van der Waals surface area contributed by atoms with Gasteiger partial charge in [-0.05, 0) is 73.0 Å². The first-order valence-corrected chi connectivity index (χ1v) is 16.3. The van der Waals surface area contributed by atoms with Gasteiger partial charge in [-0.2, -0.15) is 0 Å². The molecule has 230 valence electrons. The summed E-state index contributed by atoms with van der Waals surface area (Å²) in [7, 11) is -2.73. The van der Waals surface area contributed by atoms with Crippen LogP contribution < -0.4 is 9.62 Å². The van der Waals surface area contributed by atoms with Gasteiger partial charge in [0.05, 0.1) is 20.6 Å². The van der Waals surface area contributed by atoms with Crippen molar-refractivity contribution in [3.05, 3.63) is 128 Å². The zero-order chi connectivity index (χ0) is 32.0. The van der Waals surface area contributed by atoms with Crippen LogP contribution in [0.25, 0.3) is 0 Å². The third kappa shape index (κ3) is 7.93. The molecule has 0 heterocycles. The Hall–Kier alpha value is -3.56. The lowest BCUT2D eigenvalue weighted by atomic mass is 10.0. The number of carbonyl (C=O) groups excluding carboxylic acids is 2. The molecule has 0 aliphatic heterocycles. The van der Waals surface area contributed by atoms with E-state index in [1.807, 2.05) is 37.3 Å². The number of likely N-dealkylation sites (N-methyl/N-ethyl adjacent to an activating group) is 1. The monoisotopic (exact) mass is 671 g/mol. The minimum atomic E-state index is -4.23. The highest BCUT2D eigenvalue weighted by Gasteiger charge is 2.35. The molecule has 11 heteroatoms. The maximum absolute atomic E-state index is 14.4. The number of rotatable bonds is 11. The SMILES string of the molecule is CNC(=O)[C@@H](Cc1ccccc1)N(Cc1ccc(Cl)c(Cl)c1)C(=O)CN(c1ccc(Cl)cc1C)S(=O)(=O)c1ccc(C)cc1. The highest BCUT2D eigenvalue weighted by Crippen LogP contribution is 2.30. The van der Waals surface area contributed by atoms with Crippen LogP contribution in [-0.2, 0) is 32.6 Å². The van der Waals surface area contributed by atoms with Gasteiger partial charge in [0, 0.05) is 25.0 Å². The van der Waals surface area contributed by atoms with Crippen LogP contribution >= 0.6 is 34.8 Å². The van der Waals surface area contributed by atoms with Crippen molar-refractivity contribution in [3.8, 4) is 0 Å². The van der Waals surface area contributed by atoms with Crippen LogP contribution in [-0.4, -0.2) is 44.8 Å².